The molecule has 0 aliphatic carbocycles. The minimum Gasteiger partial charge on any atom is -0.370 e. The fraction of sp³-hybridized carbons (Fsp3) is 0.467. The van der Waals surface area contributed by atoms with Crippen LogP contribution in [0.5, 0.6) is 0 Å². The summed E-state index contributed by atoms with van der Waals surface area (Å²) in [5, 5.41) is 11.9. The highest BCUT2D eigenvalue weighted by molar-refractivity contribution is 6.31. The molecule has 0 saturated carbocycles. The standard InChI is InChI=1S/C15H18ClN3O/c1-11-3-2-8-19(10-11)14-5-4-12(16)9-13(14)18-15(20)6-7-17/h4-5,9,11H,2-3,6,8,10H2,1H3,(H,18,20). The number of rotatable bonds is 3. The Morgan fingerprint density at radius 3 is 3.10 bits per heavy atom. The van der Waals surface area contributed by atoms with E-state index < -0.39 is 0 Å². The van der Waals surface area contributed by atoms with Crippen LogP contribution in [0.3, 0.4) is 0 Å². The second kappa shape index (κ2) is 6.62. The number of piperidine rings is 1. The van der Waals surface area contributed by atoms with E-state index in [9.17, 15) is 4.79 Å². The molecule has 1 aliphatic rings. The van der Waals surface area contributed by atoms with Crippen molar-refractivity contribution in [1.29, 1.82) is 5.26 Å². The fourth-order valence-electron chi connectivity index (χ4n) is 2.56. The van der Waals surface area contributed by atoms with Gasteiger partial charge in [0.2, 0.25) is 5.91 Å². The van der Waals surface area contributed by atoms with Crippen LogP contribution in [0, 0.1) is 17.2 Å². The van der Waals surface area contributed by atoms with Gasteiger partial charge in [0, 0.05) is 18.1 Å². The Morgan fingerprint density at radius 2 is 2.40 bits per heavy atom. The highest BCUT2D eigenvalue weighted by Crippen LogP contribution is 2.32. The van der Waals surface area contributed by atoms with Crippen molar-refractivity contribution in [3.8, 4) is 6.07 Å². The van der Waals surface area contributed by atoms with Gasteiger partial charge >= 0.3 is 0 Å². The quantitative estimate of drug-likeness (QED) is 0.928. The molecule has 1 atom stereocenters. The van der Waals surface area contributed by atoms with Gasteiger partial charge in [-0.1, -0.05) is 18.5 Å². The number of carbonyl (C=O) groups is 1. The van der Waals surface area contributed by atoms with Crippen LogP contribution in [0.15, 0.2) is 18.2 Å². The average Bonchev–Trinajstić information content (AvgIpc) is 2.39. The van der Waals surface area contributed by atoms with E-state index in [1.807, 2.05) is 18.2 Å². The Labute approximate surface area is 124 Å². The number of benzene rings is 1. The number of halogens is 1. The lowest BCUT2D eigenvalue weighted by atomic mass is 9.99. The normalized spacial score (nSPS) is 18.4. The maximum absolute atomic E-state index is 11.6. The van der Waals surface area contributed by atoms with Crippen LogP contribution < -0.4 is 10.2 Å². The molecule has 0 bridgehead atoms. The highest BCUT2D eigenvalue weighted by Gasteiger charge is 2.19. The maximum atomic E-state index is 11.6. The molecule has 1 N–H and O–H groups in total. The molecule has 1 fully saturated rings. The lowest BCUT2D eigenvalue weighted by molar-refractivity contribution is -0.115. The number of hydrogen-bond acceptors (Lipinski definition) is 3. The zero-order valence-electron chi connectivity index (χ0n) is 11.5. The van der Waals surface area contributed by atoms with Crippen LogP contribution in [0.25, 0.3) is 0 Å². The van der Waals surface area contributed by atoms with E-state index in [2.05, 4.69) is 17.1 Å². The summed E-state index contributed by atoms with van der Waals surface area (Å²) in [5.74, 6) is 0.336. The molecule has 1 heterocycles. The van der Waals surface area contributed by atoms with Crippen molar-refractivity contribution in [2.45, 2.75) is 26.2 Å². The number of amides is 1. The number of nitrogens with zero attached hydrogens (tertiary/aromatic N) is 2. The molecule has 2 rings (SSSR count). The zero-order chi connectivity index (χ0) is 14.5. The van der Waals surface area contributed by atoms with Crippen LogP contribution >= 0.6 is 11.6 Å². The van der Waals surface area contributed by atoms with Crippen LogP contribution in [-0.4, -0.2) is 19.0 Å². The Kier molecular flexibility index (Phi) is 4.86. The molecule has 0 aromatic heterocycles. The van der Waals surface area contributed by atoms with Gasteiger partial charge in [-0.2, -0.15) is 5.26 Å². The summed E-state index contributed by atoms with van der Waals surface area (Å²) in [5.41, 5.74) is 1.67. The van der Waals surface area contributed by atoms with Gasteiger partial charge < -0.3 is 10.2 Å². The van der Waals surface area contributed by atoms with Crippen LogP contribution in [0.4, 0.5) is 11.4 Å². The van der Waals surface area contributed by atoms with Gasteiger partial charge in [0.25, 0.3) is 0 Å². The molecule has 20 heavy (non-hydrogen) atoms. The van der Waals surface area contributed by atoms with Gasteiger partial charge in [0.1, 0.15) is 6.42 Å². The zero-order valence-corrected chi connectivity index (χ0v) is 12.3. The molecule has 1 unspecified atom stereocenters. The molecule has 5 heteroatoms. The molecule has 4 nitrogen and oxygen atoms in total. The number of hydrogen-bond donors (Lipinski definition) is 1. The van der Waals surface area contributed by atoms with Gasteiger partial charge in [-0.15, -0.1) is 0 Å². The maximum Gasteiger partial charge on any atom is 0.238 e. The summed E-state index contributed by atoms with van der Waals surface area (Å²) in [4.78, 5) is 13.9. The van der Waals surface area contributed by atoms with E-state index in [-0.39, 0.29) is 12.3 Å². The van der Waals surface area contributed by atoms with Crippen LogP contribution in [-0.2, 0) is 4.79 Å². The van der Waals surface area contributed by atoms with Gasteiger partial charge in [-0.05, 0) is 37.0 Å². The lowest BCUT2D eigenvalue weighted by Crippen LogP contribution is -2.34. The summed E-state index contributed by atoms with van der Waals surface area (Å²) in [6, 6.07) is 7.35. The second-order valence-corrected chi connectivity index (χ2v) is 5.67. The highest BCUT2D eigenvalue weighted by atomic mass is 35.5. The van der Waals surface area contributed by atoms with E-state index in [4.69, 9.17) is 16.9 Å². The van der Waals surface area contributed by atoms with Crippen molar-refractivity contribution in [2.75, 3.05) is 23.3 Å². The van der Waals surface area contributed by atoms with Crippen molar-refractivity contribution in [3.63, 3.8) is 0 Å². The van der Waals surface area contributed by atoms with Gasteiger partial charge in [-0.3, -0.25) is 4.79 Å². The van der Waals surface area contributed by atoms with E-state index in [0.717, 1.165) is 25.2 Å². The second-order valence-electron chi connectivity index (χ2n) is 5.24. The SMILES string of the molecule is CC1CCCN(c2ccc(Cl)cc2NC(=O)CC#N)C1. The number of nitriles is 1. The van der Waals surface area contributed by atoms with E-state index in [1.165, 1.54) is 6.42 Å². The molecule has 1 aromatic carbocycles. The third-order valence-corrected chi connectivity index (χ3v) is 3.71. The summed E-state index contributed by atoms with van der Waals surface area (Å²) in [7, 11) is 0. The average molecular weight is 292 g/mol. The van der Waals surface area contributed by atoms with Crippen molar-refractivity contribution >= 4 is 28.9 Å². The van der Waals surface area contributed by atoms with Gasteiger partial charge in [0.15, 0.2) is 0 Å². The molecule has 106 valence electrons. The first kappa shape index (κ1) is 14.7. The third kappa shape index (κ3) is 3.64. The topological polar surface area (TPSA) is 56.1 Å². The number of anilines is 2. The van der Waals surface area contributed by atoms with Crippen molar-refractivity contribution < 1.29 is 4.79 Å². The number of carbonyl (C=O) groups excluding carboxylic acids is 1. The summed E-state index contributed by atoms with van der Waals surface area (Å²) >= 11 is 6.01. The van der Waals surface area contributed by atoms with Crippen molar-refractivity contribution in [1.82, 2.24) is 0 Å². The van der Waals surface area contributed by atoms with E-state index in [0.29, 0.717) is 16.6 Å². The smallest absolute Gasteiger partial charge is 0.238 e. The lowest BCUT2D eigenvalue weighted by Gasteiger charge is -2.34. The molecule has 0 spiro atoms. The summed E-state index contributed by atoms with van der Waals surface area (Å²) < 4.78 is 0. The molecule has 1 aromatic rings. The van der Waals surface area contributed by atoms with E-state index >= 15 is 0 Å². The largest absolute Gasteiger partial charge is 0.370 e. The first-order valence-electron chi connectivity index (χ1n) is 6.81. The first-order chi connectivity index (χ1) is 9.60. The van der Waals surface area contributed by atoms with Crippen molar-refractivity contribution in [2.24, 2.45) is 5.92 Å². The van der Waals surface area contributed by atoms with Crippen LogP contribution in [0.2, 0.25) is 5.02 Å². The minimum absolute atomic E-state index is 0.150. The Morgan fingerprint density at radius 1 is 1.60 bits per heavy atom. The Bertz CT molecular complexity index is 538. The van der Waals surface area contributed by atoms with Crippen molar-refractivity contribution in [3.05, 3.63) is 23.2 Å². The van der Waals surface area contributed by atoms with E-state index in [1.54, 1.807) is 6.07 Å². The molecule has 1 saturated heterocycles. The fourth-order valence-corrected chi connectivity index (χ4v) is 2.73. The van der Waals surface area contributed by atoms with Gasteiger partial charge in [-0.25, -0.2) is 0 Å². The molecular formula is C15H18ClN3O. The summed E-state index contributed by atoms with van der Waals surface area (Å²) in [6.45, 7) is 4.19. The predicted molar refractivity (Wildman–Crippen MR) is 80.9 cm³/mol. The molecule has 1 aliphatic heterocycles. The molecule has 1 amide bonds. The molecular weight excluding hydrogens is 274 g/mol. The predicted octanol–water partition coefficient (Wildman–Crippen LogP) is 3.43. The molecule has 0 radical (unpaired) electrons. The third-order valence-electron chi connectivity index (χ3n) is 3.47. The first-order valence-corrected chi connectivity index (χ1v) is 7.19. The van der Waals surface area contributed by atoms with Crippen LogP contribution in [0.1, 0.15) is 26.2 Å². The minimum atomic E-state index is -0.305. The summed E-state index contributed by atoms with van der Waals surface area (Å²) in [6.07, 6.45) is 2.23. The Hall–Kier alpha value is -1.73. The Balaban J connectivity index is 2.23. The number of nitrogens with one attached hydrogen (secondary N) is 1. The monoisotopic (exact) mass is 291 g/mol. The van der Waals surface area contributed by atoms with Gasteiger partial charge in [0.05, 0.1) is 17.4 Å².